The smallest absolute Gasteiger partial charge is 0.256 e. The zero-order valence-electron chi connectivity index (χ0n) is 12.0. The summed E-state index contributed by atoms with van der Waals surface area (Å²) < 4.78 is 0.821. The van der Waals surface area contributed by atoms with Crippen LogP contribution in [0, 0.1) is 13.8 Å². The van der Waals surface area contributed by atoms with Gasteiger partial charge in [0.15, 0.2) is 0 Å². The Kier molecular flexibility index (Phi) is 4.61. The van der Waals surface area contributed by atoms with Crippen LogP contribution >= 0.6 is 15.9 Å². The van der Waals surface area contributed by atoms with Crippen molar-refractivity contribution in [2.75, 3.05) is 5.32 Å². The molecule has 0 fully saturated rings. The zero-order chi connectivity index (χ0) is 14.7. The lowest BCUT2D eigenvalue weighted by Gasteiger charge is -2.13. The zero-order valence-corrected chi connectivity index (χ0v) is 13.5. The van der Waals surface area contributed by atoms with Crippen molar-refractivity contribution in [1.82, 2.24) is 0 Å². The average molecular weight is 332 g/mol. The number of benzene rings is 2. The molecule has 0 aliphatic heterocycles. The quantitative estimate of drug-likeness (QED) is 0.853. The molecule has 0 radical (unpaired) electrons. The van der Waals surface area contributed by atoms with Gasteiger partial charge in [-0.3, -0.25) is 4.79 Å². The molecule has 3 heteroatoms. The third-order valence-electron chi connectivity index (χ3n) is 3.35. The highest BCUT2D eigenvalue weighted by Crippen LogP contribution is 2.24. The first-order chi connectivity index (χ1) is 9.52. The Morgan fingerprint density at radius 2 is 1.95 bits per heavy atom. The molecular weight excluding hydrogens is 314 g/mol. The van der Waals surface area contributed by atoms with Crippen LogP contribution in [0.15, 0.2) is 40.9 Å². The fraction of sp³-hybridized carbons (Fsp3) is 0.235. The molecule has 0 atom stereocenters. The second-order valence-corrected chi connectivity index (χ2v) is 5.75. The summed E-state index contributed by atoms with van der Waals surface area (Å²) in [6, 6.07) is 11.8. The molecule has 0 aliphatic carbocycles. The van der Waals surface area contributed by atoms with E-state index >= 15 is 0 Å². The summed E-state index contributed by atoms with van der Waals surface area (Å²) in [5.74, 6) is -0.0825. The van der Waals surface area contributed by atoms with E-state index in [0.29, 0.717) is 5.56 Å². The standard InChI is InChI=1S/C17H18BrNO/c1-4-13-7-5-6-12(3)16(13)19-17(20)14-9-8-11(2)10-15(14)18/h5-10H,4H2,1-3H3,(H,19,20). The van der Waals surface area contributed by atoms with Gasteiger partial charge in [-0.05, 0) is 65.0 Å². The maximum atomic E-state index is 12.4. The van der Waals surface area contributed by atoms with E-state index in [1.807, 2.05) is 50.2 Å². The predicted octanol–water partition coefficient (Wildman–Crippen LogP) is 4.88. The summed E-state index contributed by atoms with van der Waals surface area (Å²) in [5.41, 5.74) is 4.94. The number of hydrogen-bond donors (Lipinski definition) is 1. The maximum absolute atomic E-state index is 12.4. The van der Waals surface area contributed by atoms with Gasteiger partial charge in [0, 0.05) is 10.2 Å². The lowest BCUT2D eigenvalue weighted by atomic mass is 10.1. The van der Waals surface area contributed by atoms with Crippen molar-refractivity contribution in [3.8, 4) is 0 Å². The highest BCUT2D eigenvalue weighted by atomic mass is 79.9. The molecule has 0 heterocycles. The first kappa shape index (κ1) is 14.8. The van der Waals surface area contributed by atoms with Crippen molar-refractivity contribution in [3.05, 3.63) is 63.1 Å². The molecule has 2 rings (SSSR count). The molecule has 0 unspecified atom stereocenters. The van der Waals surface area contributed by atoms with Gasteiger partial charge in [-0.2, -0.15) is 0 Å². The Labute approximate surface area is 128 Å². The van der Waals surface area contributed by atoms with Gasteiger partial charge in [0.25, 0.3) is 5.91 Å². The minimum absolute atomic E-state index is 0.0825. The van der Waals surface area contributed by atoms with E-state index in [4.69, 9.17) is 0 Å². The highest BCUT2D eigenvalue weighted by molar-refractivity contribution is 9.10. The van der Waals surface area contributed by atoms with Crippen LogP contribution in [0.2, 0.25) is 0 Å². The first-order valence-electron chi connectivity index (χ1n) is 6.69. The predicted molar refractivity (Wildman–Crippen MR) is 87.4 cm³/mol. The van der Waals surface area contributed by atoms with Crippen molar-refractivity contribution in [2.45, 2.75) is 27.2 Å². The number of aryl methyl sites for hydroxylation is 3. The number of halogens is 1. The summed E-state index contributed by atoms with van der Waals surface area (Å²) in [7, 11) is 0. The number of carbonyl (C=O) groups excluding carboxylic acids is 1. The Morgan fingerprint density at radius 3 is 2.60 bits per heavy atom. The summed E-state index contributed by atoms with van der Waals surface area (Å²) in [6.45, 7) is 6.11. The lowest BCUT2D eigenvalue weighted by molar-refractivity contribution is 0.102. The summed E-state index contributed by atoms with van der Waals surface area (Å²) >= 11 is 3.45. The van der Waals surface area contributed by atoms with Crippen LogP contribution in [0.4, 0.5) is 5.69 Å². The van der Waals surface area contributed by atoms with Crippen LogP contribution in [0.1, 0.15) is 34.0 Å². The van der Waals surface area contributed by atoms with Gasteiger partial charge in [-0.15, -0.1) is 0 Å². The minimum atomic E-state index is -0.0825. The van der Waals surface area contributed by atoms with E-state index in [1.165, 1.54) is 0 Å². The van der Waals surface area contributed by atoms with Crippen molar-refractivity contribution >= 4 is 27.5 Å². The van der Waals surface area contributed by atoms with E-state index in [0.717, 1.165) is 33.3 Å². The average Bonchev–Trinajstić information content (AvgIpc) is 2.40. The Hall–Kier alpha value is -1.61. The van der Waals surface area contributed by atoms with Gasteiger partial charge in [0.05, 0.1) is 5.56 Å². The molecule has 0 aliphatic rings. The number of hydrogen-bond acceptors (Lipinski definition) is 1. The fourth-order valence-corrected chi connectivity index (χ4v) is 2.86. The van der Waals surface area contributed by atoms with E-state index in [1.54, 1.807) is 0 Å². The van der Waals surface area contributed by atoms with E-state index < -0.39 is 0 Å². The molecular formula is C17H18BrNO. The van der Waals surface area contributed by atoms with Crippen LogP contribution < -0.4 is 5.32 Å². The summed E-state index contributed by atoms with van der Waals surface area (Å²) in [5, 5.41) is 3.04. The maximum Gasteiger partial charge on any atom is 0.256 e. The second kappa shape index (κ2) is 6.23. The SMILES string of the molecule is CCc1cccc(C)c1NC(=O)c1ccc(C)cc1Br. The number of amides is 1. The third-order valence-corrected chi connectivity index (χ3v) is 4.00. The Bertz CT molecular complexity index is 649. The molecule has 1 amide bonds. The number of para-hydroxylation sites is 1. The van der Waals surface area contributed by atoms with Crippen molar-refractivity contribution in [3.63, 3.8) is 0 Å². The van der Waals surface area contributed by atoms with Gasteiger partial charge >= 0.3 is 0 Å². The number of rotatable bonds is 3. The number of carbonyl (C=O) groups is 1. The van der Waals surface area contributed by atoms with Crippen LogP contribution in [0.3, 0.4) is 0 Å². The second-order valence-electron chi connectivity index (χ2n) is 4.90. The Morgan fingerprint density at radius 1 is 1.20 bits per heavy atom. The molecule has 104 valence electrons. The van der Waals surface area contributed by atoms with Crippen LogP contribution in [0.5, 0.6) is 0 Å². The van der Waals surface area contributed by atoms with Gasteiger partial charge in [0.2, 0.25) is 0 Å². The lowest BCUT2D eigenvalue weighted by Crippen LogP contribution is -2.15. The van der Waals surface area contributed by atoms with Crippen molar-refractivity contribution < 1.29 is 4.79 Å². The summed E-state index contributed by atoms with van der Waals surface area (Å²) in [4.78, 5) is 12.4. The number of nitrogens with one attached hydrogen (secondary N) is 1. The third kappa shape index (κ3) is 3.10. The summed E-state index contributed by atoms with van der Waals surface area (Å²) in [6.07, 6.45) is 0.895. The van der Waals surface area contributed by atoms with E-state index in [9.17, 15) is 4.79 Å². The molecule has 0 bridgehead atoms. The monoisotopic (exact) mass is 331 g/mol. The molecule has 2 aromatic carbocycles. The van der Waals surface area contributed by atoms with Crippen LogP contribution in [-0.4, -0.2) is 5.91 Å². The molecule has 0 aromatic heterocycles. The largest absolute Gasteiger partial charge is 0.321 e. The molecule has 2 nitrogen and oxygen atoms in total. The van der Waals surface area contributed by atoms with E-state index in [-0.39, 0.29) is 5.91 Å². The van der Waals surface area contributed by atoms with Gasteiger partial charge in [0.1, 0.15) is 0 Å². The molecule has 0 spiro atoms. The van der Waals surface area contributed by atoms with Gasteiger partial charge in [-0.1, -0.05) is 31.2 Å². The van der Waals surface area contributed by atoms with Crippen molar-refractivity contribution in [2.24, 2.45) is 0 Å². The normalized spacial score (nSPS) is 10.4. The van der Waals surface area contributed by atoms with Crippen LogP contribution in [-0.2, 0) is 6.42 Å². The molecule has 20 heavy (non-hydrogen) atoms. The number of anilines is 1. The van der Waals surface area contributed by atoms with Gasteiger partial charge < -0.3 is 5.32 Å². The molecule has 0 saturated heterocycles. The molecule has 1 N–H and O–H groups in total. The van der Waals surface area contributed by atoms with Crippen LogP contribution in [0.25, 0.3) is 0 Å². The van der Waals surface area contributed by atoms with Crippen molar-refractivity contribution in [1.29, 1.82) is 0 Å². The van der Waals surface area contributed by atoms with E-state index in [2.05, 4.69) is 28.2 Å². The van der Waals surface area contributed by atoms with Gasteiger partial charge in [-0.25, -0.2) is 0 Å². The first-order valence-corrected chi connectivity index (χ1v) is 7.48. The molecule has 0 saturated carbocycles. The Balaban J connectivity index is 2.33. The minimum Gasteiger partial charge on any atom is -0.321 e. The topological polar surface area (TPSA) is 29.1 Å². The highest BCUT2D eigenvalue weighted by Gasteiger charge is 2.13. The molecule has 2 aromatic rings. The fourth-order valence-electron chi connectivity index (χ4n) is 2.19.